The van der Waals surface area contributed by atoms with Gasteiger partial charge in [0.05, 0.1) is 0 Å². The predicted molar refractivity (Wildman–Crippen MR) is 175 cm³/mol. The molecule has 4 fully saturated rings. The number of benzene rings is 2. The van der Waals surface area contributed by atoms with E-state index in [1.807, 2.05) is 0 Å². The van der Waals surface area contributed by atoms with Crippen molar-refractivity contribution < 1.29 is 19.1 Å². The fourth-order valence-electron chi connectivity index (χ4n) is 10.9. The van der Waals surface area contributed by atoms with E-state index in [1.165, 1.54) is 49.3 Å². The maximum absolute atomic E-state index is 12.6. The van der Waals surface area contributed by atoms with Crippen LogP contribution in [-0.2, 0) is 19.1 Å². The summed E-state index contributed by atoms with van der Waals surface area (Å²) in [7, 11) is 0. The van der Waals surface area contributed by atoms with Crippen molar-refractivity contribution in [3.05, 3.63) is 77.9 Å². The molecule has 10 atom stereocenters. The summed E-state index contributed by atoms with van der Waals surface area (Å²) in [5.41, 5.74) is 4.01. The molecule has 0 spiro atoms. The van der Waals surface area contributed by atoms with E-state index in [1.54, 1.807) is 6.92 Å². The van der Waals surface area contributed by atoms with E-state index in [-0.39, 0.29) is 35.0 Å². The molecule has 0 radical (unpaired) electrons. The highest BCUT2D eigenvalue weighted by Crippen LogP contribution is 2.69. The van der Waals surface area contributed by atoms with Crippen LogP contribution in [0.25, 0.3) is 5.57 Å². The molecule has 4 nitrogen and oxygen atoms in total. The van der Waals surface area contributed by atoms with Crippen LogP contribution in [0.2, 0.25) is 0 Å². The van der Waals surface area contributed by atoms with Gasteiger partial charge in [0.2, 0.25) is 0 Å². The van der Waals surface area contributed by atoms with Crippen molar-refractivity contribution in [2.75, 3.05) is 0 Å². The van der Waals surface area contributed by atoms with Crippen molar-refractivity contribution in [1.82, 2.24) is 0 Å². The van der Waals surface area contributed by atoms with Crippen LogP contribution in [0.15, 0.2) is 66.7 Å². The maximum Gasteiger partial charge on any atom is 0.302 e. The van der Waals surface area contributed by atoms with Crippen LogP contribution < -0.4 is 0 Å². The Morgan fingerprint density at radius 2 is 1.45 bits per heavy atom. The fourth-order valence-corrected chi connectivity index (χ4v) is 10.9. The third-order valence-corrected chi connectivity index (χ3v) is 13.0. The summed E-state index contributed by atoms with van der Waals surface area (Å²) in [6.07, 6.45) is 12.4. The summed E-state index contributed by atoms with van der Waals surface area (Å²) in [5.74, 6) is 3.07. The van der Waals surface area contributed by atoms with Crippen molar-refractivity contribution >= 4 is 17.5 Å². The largest absolute Gasteiger partial charge is 0.463 e. The average Bonchev–Trinajstić information content (AvgIpc) is 3.37. The third kappa shape index (κ3) is 5.67. The summed E-state index contributed by atoms with van der Waals surface area (Å²) >= 11 is 0. The molecule has 236 valence electrons. The second kappa shape index (κ2) is 12.5. The number of carbonyl (C=O) groups is 2. The van der Waals surface area contributed by atoms with Gasteiger partial charge in [-0.05, 0) is 115 Å². The van der Waals surface area contributed by atoms with Gasteiger partial charge in [0.25, 0.3) is 0 Å². The number of ether oxygens (including phenoxy) is 2. The quantitative estimate of drug-likeness (QED) is 0.299. The Labute approximate surface area is 265 Å². The molecule has 0 heterocycles. The molecular formula is C40H52O4. The summed E-state index contributed by atoms with van der Waals surface area (Å²) < 4.78 is 12.1. The van der Waals surface area contributed by atoms with Gasteiger partial charge in [-0.15, -0.1) is 0 Å². The third-order valence-electron chi connectivity index (χ3n) is 13.0. The zero-order valence-electron chi connectivity index (χ0n) is 27.5. The van der Waals surface area contributed by atoms with Crippen molar-refractivity contribution in [1.29, 1.82) is 0 Å². The maximum atomic E-state index is 12.6. The van der Waals surface area contributed by atoms with Crippen molar-refractivity contribution in [3.63, 3.8) is 0 Å². The molecule has 0 N–H and O–H groups in total. The number of allylic oxidation sites excluding steroid dienone is 1. The molecule has 2 aromatic carbocycles. The van der Waals surface area contributed by atoms with Crippen LogP contribution in [0, 0.1) is 46.3 Å². The molecule has 0 bridgehead atoms. The number of fused-ring (bicyclic) bond motifs is 5. The minimum atomic E-state index is -0.156. The van der Waals surface area contributed by atoms with E-state index >= 15 is 0 Å². The minimum absolute atomic E-state index is 0.0160. The first-order valence-corrected chi connectivity index (χ1v) is 17.3. The summed E-state index contributed by atoms with van der Waals surface area (Å²) in [5, 5.41) is 0. The molecule has 4 aliphatic rings. The van der Waals surface area contributed by atoms with Crippen LogP contribution in [0.3, 0.4) is 0 Å². The molecule has 0 saturated heterocycles. The Bertz CT molecular complexity index is 1310. The molecule has 4 heteroatoms. The SMILES string of the molecule is CC(=O)O[C@@H]1CC[C@@]2(C)[C@@H](CC[C@@H]3[C@@H]2C[C@H](OC(C)=O)[C@]2(C)[C@@H]([C@H](C)CC=C(c4ccccc4)c4ccccc4)CC[C@@H]32)C1. The molecule has 6 rings (SSSR count). The molecular weight excluding hydrogens is 544 g/mol. The van der Waals surface area contributed by atoms with E-state index < -0.39 is 0 Å². The molecule has 0 aliphatic heterocycles. The lowest BCUT2D eigenvalue weighted by Crippen LogP contribution is -2.59. The van der Waals surface area contributed by atoms with Crippen molar-refractivity contribution in [2.24, 2.45) is 46.3 Å². The van der Waals surface area contributed by atoms with Crippen molar-refractivity contribution in [3.8, 4) is 0 Å². The highest BCUT2D eigenvalue weighted by Gasteiger charge is 2.65. The zero-order chi connectivity index (χ0) is 31.1. The lowest BCUT2D eigenvalue weighted by Gasteiger charge is -2.62. The lowest BCUT2D eigenvalue weighted by atomic mass is 9.43. The molecule has 0 aromatic heterocycles. The van der Waals surface area contributed by atoms with E-state index in [0.717, 1.165) is 32.1 Å². The van der Waals surface area contributed by atoms with Crippen LogP contribution in [0.1, 0.15) is 104 Å². The van der Waals surface area contributed by atoms with E-state index in [4.69, 9.17) is 9.47 Å². The lowest BCUT2D eigenvalue weighted by molar-refractivity contribution is -0.197. The van der Waals surface area contributed by atoms with Gasteiger partial charge in [-0.3, -0.25) is 9.59 Å². The zero-order valence-corrected chi connectivity index (χ0v) is 27.5. The topological polar surface area (TPSA) is 52.6 Å². The van der Waals surface area contributed by atoms with Gasteiger partial charge in [-0.25, -0.2) is 0 Å². The monoisotopic (exact) mass is 596 g/mol. The standard InChI is InChI=1S/C40H52O4/c1-26(16-18-33(29-12-8-6-9-13-29)30-14-10-7-11-15-30)35-20-21-36-34-19-17-31-24-32(43-27(2)41)22-23-39(31,4)37(34)25-38(40(35,36)5)44-28(3)42/h6-15,18,26,31-32,34-38H,16-17,19-25H2,1-5H3/t26-,31+,32-,34+,35-,36+,37+,38+,39+,40-/m1/s1. The van der Waals surface area contributed by atoms with E-state index in [9.17, 15) is 9.59 Å². The summed E-state index contributed by atoms with van der Waals surface area (Å²) in [4.78, 5) is 24.4. The molecule has 44 heavy (non-hydrogen) atoms. The first-order chi connectivity index (χ1) is 21.1. The average molecular weight is 597 g/mol. The Hall–Kier alpha value is -2.88. The van der Waals surface area contributed by atoms with Gasteiger partial charge >= 0.3 is 11.9 Å². The predicted octanol–water partition coefficient (Wildman–Crippen LogP) is 9.28. The number of hydrogen-bond acceptors (Lipinski definition) is 4. The number of carbonyl (C=O) groups excluding carboxylic acids is 2. The van der Waals surface area contributed by atoms with Crippen LogP contribution >= 0.6 is 0 Å². The number of rotatable bonds is 7. The molecule has 0 unspecified atom stereocenters. The van der Waals surface area contributed by atoms with E-state index in [0.29, 0.717) is 35.5 Å². The Morgan fingerprint density at radius 1 is 0.818 bits per heavy atom. The van der Waals surface area contributed by atoms with E-state index in [2.05, 4.69) is 87.5 Å². The minimum Gasteiger partial charge on any atom is -0.463 e. The van der Waals surface area contributed by atoms with Gasteiger partial charge in [-0.2, -0.15) is 0 Å². The highest BCUT2D eigenvalue weighted by atomic mass is 16.5. The fraction of sp³-hybridized carbons (Fsp3) is 0.600. The Balaban J connectivity index is 1.26. The van der Waals surface area contributed by atoms with Crippen LogP contribution in [0.5, 0.6) is 0 Å². The number of hydrogen-bond donors (Lipinski definition) is 0. The molecule has 4 saturated carbocycles. The van der Waals surface area contributed by atoms with Crippen molar-refractivity contribution in [2.45, 2.75) is 105 Å². The van der Waals surface area contributed by atoms with Gasteiger partial charge in [0.1, 0.15) is 12.2 Å². The molecule has 0 amide bonds. The van der Waals surface area contributed by atoms with Gasteiger partial charge in [0, 0.05) is 19.3 Å². The Kier molecular flexibility index (Phi) is 8.83. The van der Waals surface area contributed by atoms with Crippen LogP contribution in [-0.4, -0.2) is 24.1 Å². The molecule has 2 aromatic rings. The smallest absolute Gasteiger partial charge is 0.302 e. The number of esters is 2. The first kappa shape index (κ1) is 31.1. The first-order valence-electron chi connectivity index (χ1n) is 17.3. The van der Waals surface area contributed by atoms with Gasteiger partial charge in [-0.1, -0.05) is 87.5 Å². The second-order valence-electron chi connectivity index (χ2n) is 15.1. The van der Waals surface area contributed by atoms with Crippen LogP contribution in [0.4, 0.5) is 0 Å². The van der Waals surface area contributed by atoms with Gasteiger partial charge < -0.3 is 9.47 Å². The molecule has 4 aliphatic carbocycles. The summed E-state index contributed by atoms with van der Waals surface area (Å²) in [6.45, 7) is 10.6. The normalized spacial score (nSPS) is 36.6. The Morgan fingerprint density at radius 3 is 2.07 bits per heavy atom. The second-order valence-corrected chi connectivity index (χ2v) is 15.1. The highest BCUT2D eigenvalue weighted by molar-refractivity contribution is 5.79. The summed E-state index contributed by atoms with van der Waals surface area (Å²) in [6, 6.07) is 21.5. The van der Waals surface area contributed by atoms with Gasteiger partial charge in [0.15, 0.2) is 0 Å².